The van der Waals surface area contributed by atoms with Crippen LogP contribution in [0.2, 0.25) is 0 Å². The highest BCUT2D eigenvalue weighted by Gasteiger charge is 2.18. The van der Waals surface area contributed by atoms with Crippen LogP contribution < -0.4 is 5.73 Å². The molecule has 4 heteroatoms. The Labute approximate surface area is 85.4 Å². The van der Waals surface area contributed by atoms with Crippen LogP contribution in [-0.4, -0.2) is 44.2 Å². The van der Waals surface area contributed by atoms with E-state index in [-0.39, 0.29) is 5.91 Å². The molecule has 82 valence electrons. The maximum Gasteiger partial charge on any atom is 0.218 e. The van der Waals surface area contributed by atoms with Crippen LogP contribution in [0.25, 0.3) is 0 Å². The van der Waals surface area contributed by atoms with Crippen molar-refractivity contribution < 1.29 is 9.53 Å². The second kappa shape index (κ2) is 5.98. The van der Waals surface area contributed by atoms with Crippen LogP contribution in [0, 0.1) is 5.92 Å². The predicted octanol–water partition coefficient (Wildman–Crippen LogP) is 0.220. The molecule has 1 aliphatic rings. The van der Waals surface area contributed by atoms with Crippen molar-refractivity contribution in [1.82, 2.24) is 4.90 Å². The Morgan fingerprint density at radius 3 is 2.64 bits per heavy atom. The van der Waals surface area contributed by atoms with Gasteiger partial charge in [-0.2, -0.15) is 0 Å². The summed E-state index contributed by atoms with van der Waals surface area (Å²) >= 11 is 0. The second-order valence-corrected chi connectivity index (χ2v) is 3.96. The Hall–Kier alpha value is -0.610. The van der Waals surface area contributed by atoms with Crippen molar-refractivity contribution in [3.05, 3.63) is 0 Å². The second-order valence-electron chi connectivity index (χ2n) is 3.96. The molecule has 2 N–H and O–H groups in total. The molecule has 0 saturated carbocycles. The number of nitrogens with zero attached hydrogens (tertiary/aromatic N) is 1. The Kier molecular flexibility index (Phi) is 4.90. The minimum Gasteiger partial charge on any atom is -0.384 e. The van der Waals surface area contributed by atoms with Crippen molar-refractivity contribution in [2.24, 2.45) is 11.7 Å². The summed E-state index contributed by atoms with van der Waals surface area (Å²) in [4.78, 5) is 12.9. The van der Waals surface area contributed by atoms with Gasteiger partial charge in [0.15, 0.2) is 0 Å². The summed E-state index contributed by atoms with van der Waals surface area (Å²) in [5.41, 5.74) is 5.10. The number of nitrogens with two attached hydrogens (primary N) is 1. The smallest absolute Gasteiger partial charge is 0.218 e. The van der Waals surface area contributed by atoms with Gasteiger partial charge in [-0.25, -0.2) is 0 Å². The number of carbonyl (C=O) groups is 1. The quantitative estimate of drug-likeness (QED) is 0.690. The molecular weight excluding hydrogens is 180 g/mol. The van der Waals surface area contributed by atoms with E-state index in [0.717, 1.165) is 26.2 Å². The highest BCUT2D eigenvalue weighted by molar-refractivity contribution is 5.73. The summed E-state index contributed by atoms with van der Waals surface area (Å²) < 4.78 is 5.12. The zero-order chi connectivity index (χ0) is 10.4. The highest BCUT2D eigenvalue weighted by atomic mass is 16.5. The third-order valence-electron chi connectivity index (χ3n) is 2.78. The fourth-order valence-electron chi connectivity index (χ4n) is 1.88. The van der Waals surface area contributed by atoms with Crippen molar-refractivity contribution in [3.8, 4) is 0 Å². The van der Waals surface area contributed by atoms with Crippen LogP contribution in [0.3, 0.4) is 0 Å². The van der Waals surface area contributed by atoms with Crippen LogP contribution in [0.4, 0.5) is 0 Å². The molecule has 1 saturated heterocycles. The number of likely N-dealkylation sites (tertiary alicyclic amines) is 1. The Bertz CT molecular complexity index is 177. The number of hydrogen-bond donors (Lipinski definition) is 1. The molecule has 1 fully saturated rings. The minimum absolute atomic E-state index is 0.205. The summed E-state index contributed by atoms with van der Waals surface area (Å²) in [6, 6.07) is 0. The van der Waals surface area contributed by atoms with Gasteiger partial charge in [-0.05, 0) is 31.8 Å². The maximum absolute atomic E-state index is 10.6. The number of piperidine rings is 1. The maximum atomic E-state index is 10.6. The molecule has 1 rings (SSSR count). The fraction of sp³-hybridized carbons (Fsp3) is 0.900. The molecule has 1 heterocycles. The number of hydrogen-bond acceptors (Lipinski definition) is 3. The molecule has 14 heavy (non-hydrogen) atoms. The molecule has 0 radical (unpaired) electrons. The SMILES string of the molecule is COCC1CCN(CCC(N)=O)CC1. The van der Waals surface area contributed by atoms with E-state index in [1.807, 2.05) is 0 Å². The van der Waals surface area contributed by atoms with E-state index in [9.17, 15) is 4.79 Å². The highest BCUT2D eigenvalue weighted by Crippen LogP contribution is 2.17. The number of primary amides is 1. The molecule has 0 atom stereocenters. The predicted molar refractivity (Wildman–Crippen MR) is 54.9 cm³/mol. The van der Waals surface area contributed by atoms with Gasteiger partial charge in [0, 0.05) is 26.7 Å². The van der Waals surface area contributed by atoms with Crippen molar-refractivity contribution >= 4 is 5.91 Å². The molecule has 1 aliphatic heterocycles. The molecule has 0 spiro atoms. The first-order chi connectivity index (χ1) is 6.72. The lowest BCUT2D eigenvalue weighted by molar-refractivity contribution is -0.118. The van der Waals surface area contributed by atoms with Crippen LogP contribution >= 0.6 is 0 Å². The number of carbonyl (C=O) groups excluding carboxylic acids is 1. The van der Waals surface area contributed by atoms with Gasteiger partial charge in [-0.1, -0.05) is 0 Å². The summed E-state index contributed by atoms with van der Waals surface area (Å²) in [6.45, 7) is 3.82. The van der Waals surface area contributed by atoms with Crippen LogP contribution in [0.5, 0.6) is 0 Å². The zero-order valence-corrected chi connectivity index (χ0v) is 8.87. The van der Waals surface area contributed by atoms with Gasteiger partial charge in [0.1, 0.15) is 0 Å². The molecular formula is C10H20N2O2. The summed E-state index contributed by atoms with van der Waals surface area (Å²) in [7, 11) is 1.75. The van der Waals surface area contributed by atoms with Crippen molar-refractivity contribution in [2.75, 3.05) is 33.4 Å². The van der Waals surface area contributed by atoms with E-state index in [2.05, 4.69) is 4.90 Å². The van der Waals surface area contributed by atoms with Crippen LogP contribution in [-0.2, 0) is 9.53 Å². The summed E-state index contributed by atoms with van der Waals surface area (Å²) in [5.74, 6) is 0.494. The van der Waals surface area contributed by atoms with Crippen molar-refractivity contribution in [3.63, 3.8) is 0 Å². The van der Waals surface area contributed by atoms with Crippen LogP contribution in [0.15, 0.2) is 0 Å². The number of ether oxygens (including phenoxy) is 1. The third kappa shape index (κ3) is 4.07. The normalized spacial score (nSPS) is 19.8. The van der Waals surface area contributed by atoms with Gasteiger partial charge in [-0.15, -0.1) is 0 Å². The lowest BCUT2D eigenvalue weighted by Gasteiger charge is -2.31. The Balaban J connectivity index is 2.12. The Morgan fingerprint density at radius 2 is 2.14 bits per heavy atom. The molecule has 0 aromatic carbocycles. The van der Waals surface area contributed by atoms with Crippen molar-refractivity contribution in [1.29, 1.82) is 0 Å². The van der Waals surface area contributed by atoms with Gasteiger partial charge in [0.25, 0.3) is 0 Å². The molecule has 0 aliphatic carbocycles. The zero-order valence-electron chi connectivity index (χ0n) is 8.87. The average Bonchev–Trinajstić information content (AvgIpc) is 2.17. The fourth-order valence-corrected chi connectivity index (χ4v) is 1.88. The monoisotopic (exact) mass is 200 g/mol. The van der Waals surface area contributed by atoms with Crippen molar-refractivity contribution in [2.45, 2.75) is 19.3 Å². The molecule has 0 unspecified atom stereocenters. The van der Waals surface area contributed by atoms with Gasteiger partial charge >= 0.3 is 0 Å². The lowest BCUT2D eigenvalue weighted by Crippen LogP contribution is -2.36. The largest absolute Gasteiger partial charge is 0.384 e. The third-order valence-corrected chi connectivity index (χ3v) is 2.78. The first kappa shape index (κ1) is 11.5. The topological polar surface area (TPSA) is 55.6 Å². The molecule has 1 amide bonds. The van der Waals surface area contributed by atoms with E-state index in [1.165, 1.54) is 12.8 Å². The standard InChI is InChI=1S/C10H20N2O2/c1-14-8-9-2-5-12(6-3-9)7-4-10(11)13/h9H,2-8H2,1H3,(H2,11,13). The van der Waals surface area contributed by atoms with E-state index in [4.69, 9.17) is 10.5 Å². The van der Waals surface area contributed by atoms with Crippen LogP contribution in [0.1, 0.15) is 19.3 Å². The molecule has 0 bridgehead atoms. The van der Waals surface area contributed by atoms with Gasteiger partial charge in [0.2, 0.25) is 5.91 Å². The van der Waals surface area contributed by atoms with E-state index >= 15 is 0 Å². The molecule has 4 nitrogen and oxygen atoms in total. The van der Waals surface area contributed by atoms with Gasteiger partial charge < -0.3 is 15.4 Å². The number of amides is 1. The Morgan fingerprint density at radius 1 is 1.50 bits per heavy atom. The van der Waals surface area contributed by atoms with E-state index in [1.54, 1.807) is 7.11 Å². The summed E-state index contributed by atoms with van der Waals surface area (Å²) in [5, 5.41) is 0. The first-order valence-electron chi connectivity index (χ1n) is 5.22. The van der Waals surface area contributed by atoms with Gasteiger partial charge in [0.05, 0.1) is 0 Å². The van der Waals surface area contributed by atoms with E-state index in [0.29, 0.717) is 12.3 Å². The summed E-state index contributed by atoms with van der Waals surface area (Å²) in [6.07, 6.45) is 2.83. The first-order valence-corrected chi connectivity index (χ1v) is 5.22. The minimum atomic E-state index is -0.205. The number of rotatable bonds is 5. The molecule has 0 aromatic rings. The molecule has 0 aromatic heterocycles. The average molecular weight is 200 g/mol. The van der Waals surface area contributed by atoms with Gasteiger partial charge in [-0.3, -0.25) is 4.79 Å². The lowest BCUT2D eigenvalue weighted by atomic mass is 9.98. The number of methoxy groups -OCH3 is 1. The van der Waals surface area contributed by atoms with E-state index < -0.39 is 0 Å².